The van der Waals surface area contributed by atoms with Gasteiger partial charge in [0.05, 0.1) is 10.0 Å². The zero-order chi connectivity index (χ0) is 36.5. The first-order chi connectivity index (χ1) is 23.7. The highest BCUT2D eigenvalue weighted by molar-refractivity contribution is 6.31. The first-order valence-electron chi connectivity index (χ1n) is 15.6. The second-order valence-corrected chi connectivity index (χ2v) is 12.8. The molecular formula is C36H35Cl2F3N4O5. The number of benzene rings is 3. The third kappa shape index (κ3) is 10.9. The Morgan fingerprint density at radius 1 is 0.800 bits per heavy atom. The van der Waals surface area contributed by atoms with E-state index in [0.29, 0.717) is 23.7 Å². The normalized spacial score (nSPS) is 17.3. The molecule has 3 heterocycles. The van der Waals surface area contributed by atoms with Gasteiger partial charge in [-0.05, 0) is 72.9 Å². The lowest BCUT2D eigenvalue weighted by Gasteiger charge is -2.35. The Bertz CT molecular complexity index is 1820. The van der Waals surface area contributed by atoms with Gasteiger partial charge >= 0.3 is 5.97 Å². The van der Waals surface area contributed by atoms with Crippen LogP contribution in [0.2, 0.25) is 10.0 Å². The van der Waals surface area contributed by atoms with Gasteiger partial charge in [0.2, 0.25) is 17.7 Å². The van der Waals surface area contributed by atoms with E-state index >= 15 is 0 Å². The van der Waals surface area contributed by atoms with Crippen LogP contribution in [0.15, 0.2) is 60.7 Å². The number of nitrogens with zero attached hydrogens (tertiary/aromatic N) is 2. The van der Waals surface area contributed by atoms with Crippen LogP contribution in [0.5, 0.6) is 0 Å². The van der Waals surface area contributed by atoms with Crippen molar-refractivity contribution in [2.75, 3.05) is 30.3 Å². The van der Waals surface area contributed by atoms with Crippen molar-refractivity contribution in [3.63, 3.8) is 0 Å². The number of piperidine rings is 1. The monoisotopic (exact) mass is 730 g/mol. The summed E-state index contributed by atoms with van der Waals surface area (Å²) in [6.45, 7) is 5.65. The van der Waals surface area contributed by atoms with Crippen molar-refractivity contribution in [2.45, 2.75) is 39.3 Å². The topological polar surface area (TPSA) is 119 Å². The molecule has 0 aromatic heterocycles. The van der Waals surface area contributed by atoms with E-state index in [1.54, 1.807) is 12.1 Å². The summed E-state index contributed by atoms with van der Waals surface area (Å²) in [5, 5.41) is 13.3. The third-order valence-corrected chi connectivity index (χ3v) is 8.59. The molecule has 3 N–H and O–H groups in total. The molecule has 2 bridgehead atoms. The van der Waals surface area contributed by atoms with Crippen LogP contribution in [0.25, 0.3) is 12.2 Å². The van der Waals surface area contributed by atoms with Crippen molar-refractivity contribution in [1.82, 2.24) is 9.80 Å². The minimum Gasteiger partial charge on any atom is -0.478 e. The first-order valence-corrected chi connectivity index (χ1v) is 16.3. The number of anilines is 2. The summed E-state index contributed by atoms with van der Waals surface area (Å²) in [6.07, 6.45) is 6.95. The molecule has 3 aliphatic heterocycles. The van der Waals surface area contributed by atoms with Crippen molar-refractivity contribution >= 4 is 70.4 Å². The molecule has 3 amide bonds. The Hall–Kier alpha value is -4.65. The molecule has 0 radical (unpaired) electrons. The molecule has 14 heteroatoms. The molecule has 3 fully saturated rings. The summed E-state index contributed by atoms with van der Waals surface area (Å²) >= 11 is 11.4. The quantitative estimate of drug-likeness (QED) is 0.210. The predicted octanol–water partition coefficient (Wildman–Crippen LogP) is 7.25. The summed E-state index contributed by atoms with van der Waals surface area (Å²) < 4.78 is 40.4. The highest BCUT2D eigenvalue weighted by atomic mass is 35.5. The number of hydrogen-bond acceptors (Lipinski definition) is 5. The van der Waals surface area contributed by atoms with Gasteiger partial charge in [-0.2, -0.15) is 0 Å². The lowest BCUT2D eigenvalue weighted by atomic mass is 9.95. The minimum absolute atomic E-state index is 0.0816. The van der Waals surface area contributed by atoms with E-state index in [9.17, 15) is 32.3 Å². The molecular weight excluding hydrogens is 696 g/mol. The molecule has 3 aromatic carbocycles. The number of carbonyl (C=O) groups is 4. The van der Waals surface area contributed by atoms with Crippen LogP contribution in [0.1, 0.15) is 43.4 Å². The molecule has 0 saturated carbocycles. The highest BCUT2D eigenvalue weighted by Gasteiger charge is 2.36. The molecule has 264 valence electrons. The van der Waals surface area contributed by atoms with E-state index in [-0.39, 0.29) is 50.9 Å². The van der Waals surface area contributed by atoms with Crippen LogP contribution in [0, 0.1) is 23.4 Å². The van der Waals surface area contributed by atoms with E-state index in [1.165, 1.54) is 62.4 Å². The Balaban J connectivity index is 0.000000279. The van der Waals surface area contributed by atoms with Gasteiger partial charge in [0.1, 0.15) is 17.5 Å². The fraction of sp³-hybridized carbons (Fsp3) is 0.278. The van der Waals surface area contributed by atoms with E-state index in [1.807, 2.05) is 4.90 Å². The first kappa shape index (κ1) is 38.2. The van der Waals surface area contributed by atoms with Crippen molar-refractivity contribution < 1.29 is 37.5 Å². The van der Waals surface area contributed by atoms with Gasteiger partial charge in [0, 0.05) is 80.7 Å². The number of aliphatic carboxylic acids is 1. The molecule has 50 heavy (non-hydrogen) atoms. The lowest BCUT2D eigenvalue weighted by molar-refractivity contribution is -0.131. The summed E-state index contributed by atoms with van der Waals surface area (Å²) in [4.78, 5) is 50.0. The summed E-state index contributed by atoms with van der Waals surface area (Å²) in [7, 11) is 0. The predicted molar refractivity (Wildman–Crippen MR) is 187 cm³/mol. The van der Waals surface area contributed by atoms with Crippen LogP contribution in [-0.2, 0) is 25.7 Å². The largest absolute Gasteiger partial charge is 0.478 e. The maximum Gasteiger partial charge on any atom is 0.328 e. The van der Waals surface area contributed by atoms with Crippen molar-refractivity contribution in [3.05, 3.63) is 105 Å². The van der Waals surface area contributed by atoms with Gasteiger partial charge in [0.15, 0.2) is 0 Å². The molecule has 3 aliphatic rings. The number of amides is 3. The standard InChI is InChI=1S/C25H26ClF2N3O2.C11H9ClFNO3/c1-16(32)29-24-11-22(26)23(28)10-19(24)5-9-25(33)31-14-18-4-8-21(31)15-30(13-18)12-17-2-6-20(27)7-3-17;1-6(15)14-10-5-8(12)9(13)4-7(10)2-3-11(16)17/h2-3,5-7,9-11,18,21H,4,8,12-15H2,1H3,(H,29,32);2-5H,1H3,(H,14,15)(H,16,17)/b9-5+;3-2+. The third-order valence-electron chi connectivity index (χ3n) is 8.01. The van der Waals surface area contributed by atoms with Crippen molar-refractivity contribution in [1.29, 1.82) is 0 Å². The summed E-state index contributed by atoms with van der Waals surface area (Å²) in [6, 6.07) is 11.4. The second kappa shape index (κ2) is 17.3. The number of fused-ring (bicyclic) bond motifs is 4. The second-order valence-electron chi connectivity index (χ2n) is 12.0. The number of halogens is 5. The van der Waals surface area contributed by atoms with Crippen molar-refractivity contribution in [2.24, 2.45) is 5.92 Å². The highest BCUT2D eigenvalue weighted by Crippen LogP contribution is 2.30. The number of carbonyl (C=O) groups excluding carboxylic acids is 3. The average molecular weight is 732 g/mol. The maximum absolute atomic E-state index is 14.0. The van der Waals surface area contributed by atoms with Crippen LogP contribution in [0.4, 0.5) is 24.5 Å². The Labute approximate surface area is 297 Å². The smallest absolute Gasteiger partial charge is 0.328 e. The van der Waals surface area contributed by atoms with Gasteiger partial charge in [-0.3, -0.25) is 19.3 Å². The fourth-order valence-electron chi connectivity index (χ4n) is 5.84. The molecule has 2 atom stereocenters. The van der Waals surface area contributed by atoms with Gasteiger partial charge in [0.25, 0.3) is 0 Å². The van der Waals surface area contributed by atoms with E-state index < -0.39 is 17.6 Å². The number of rotatable bonds is 8. The van der Waals surface area contributed by atoms with Crippen molar-refractivity contribution in [3.8, 4) is 0 Å². The lowest BCUT2D eigenvalue weighted by Crippen LogP contribution is -2.46. The van der Waals surface area contributed by atoms with E-state index in [0.717, 1.165) is 50.2 Å². The number of carboxylic acid groups (broad SMARTS) is 1. The van der Waals surface area contributed by atoms with Crippen LogP contribution in [0.3, 0.4) is 0 Å². The minimum atomic E-state index is -1.17. The SMILES string of the molecule is CC(=O)Nc1cc(Cl)c(F)cc1/C=C/C(=O)N1CC2CCC1CN(Cc1ccc(F)cc1)C2.CC(=O)Nc1cc(Cl)c(F)cc1/C=C/C(=O)O. The average Bonchev–Trinajstić information content (AvgIpc) is 3.34. The summed E-state index contributed by atoms with van der Waals surface area (Å²) in [5.41, 5.74) is 2.25. The Morgan fingerprint density at radius 3 is 1.86 bits per heavy atom. The molecule has 6 rings (SSSR count). The zero-order valence-electron chi connectivity index (χ0n) is 27.2. The summed E-state index contributed by atoms with van der Waals surface area (Å²) in [5.74, 6) is -3.19. The molecule has 0 spiro atoms. The zero-order valence-corrected chi connectivity index (χ0v) is 28.7. The van der Waals surface area contributed by atoms with E-state index in [2.05, 4.69) is 15.5 Å². The van der Waals surface area contributed by atoms with Gasteiger partial charge in [-0.15, -0.1) is 0 Å². The molecule has 0 aliphatic carbocycles. The number of carboxylic acids is 1. The Kier molecular flexibility index (Phi) is 13.2. The molecule has 3 saturated heterocycles. The molecule has 9 nitrogen and oxygen atoms in total. The Morgan fingerprint density at radius 2 is 1.34 bits per heavy atom. The molecule has 3 aromatic rings. The van der Waals surface area contributed by atoms with Gasteiger partial charge in [-0.25, -0.2) is 18.0 Å². The van der Waals surface area contributed by atoms with Crippen LogP contribution in [-0.4, -0.2) is 64.3 Å². The van der Waals surface area contributed by atoms with E-state index in [4.69, 9.17) is 28.3 Å². The maximum atomic E-state index is 14.0. The van der Waals surface area contributed by atoms with Gasteiger partial charge in [-0.1, -0.05) is 35.3 Å². The number of nitrogens with one attached hydrogen (secondary N) is 2. The number of hydrogen-bond donors (Lipinski definition) is 3. The van der Waals surface area contributed by atoms with Gasteiger partial charge < -0.3 is 20.6 Å². The van der Waals surface area contributed by atoms with Crippen LogP contribution >= 0.6 is 23.2 Å². The van der Waals surface area contributed by atoms with Crippen LogP contribution < -0.4 is 10.6 Å². The fourth-order valence-corrected chi connectivity index (χ4v) is 6.17. The molecule has 2 unspecified atom stereocenters.